The number of carbonyl (C=O) groups excluding carboxylic acids is 2. The Morgan fingerprint density at radius 1 is 0.818 bits per heavy atom. The van der Waals surface area contributed by atoms with Gasteiger partial charge in [0.25, 0.3) is 5.91 Å². The van der Waals surface area contributed by atoms with Crippen LogP contribution in [0, 0.1) is 0 Å². The summed E-state index contributed by atoms with van der Waals surface area (Å²) in [5.74, 6) is 1.09. The zero-order chi connectivity index (χ0) is 23.8. The molecule has 0 heterocycles. The molecule has 33 heavy (non-hydrogen) atoms. The minimum Gasteiger partial charge on any atom is -0.496 e. The van der Waals surface area contributed by atoms with Crippen molar-refractivity contribution < 1.29 is 23.8 Å². The largest absolute Gasteiger partial charge is 0.496 e. The zero-order valence-corrected chi connectivity index (χ0v) is 19.9. The van der Waals surface area contributed by atoms with Crippen LogP contribution in [0.5, 0.6) is 17.2 Å². The highest BCUT2D eigenvalue weighted by molar-refractivity contribution is 8.00. The fourth-order valence-corrected chi connectivity index (χ4v) is 3.95. The van der Waals surface area contributed by atoms with Crippen molar-refractivity contribution in [2.75, 3.05) is 37.7 Å². The summed E-state index contributed by atoms with van der Waals surface area (Å²) >= 11 is 7.46. The maximum Gasteiger partial charge on any atom is 0.263 e. The third-order valence-electron chi connectivity index (χ3n) is 4.57. The molecule has 0 aliphatic heterocycles. The van der Waals surface area contributed by atoms with Crippen LogP contribution in [0.4, 0.5) is 11.4 Å². The first-order valence-corrected chi connectivity index (χ1v) is 11.2. The number of amides is 2. The molecule has 3 aromatic rings. The number of carbonyl (C=O) groups is 2. The van der Waals surface area contributed by atoms with Crippen molar-refractivity contribution in [1.82, 2.24) is 0 Å². The van der Waals surface area contributed by atoms with Crippen molar-refractivity contribution in [2.45, 2.75) is 4.90 Å². The van der Waals surface area contributed by atoms with E-state index < -0.39 is 0 Å². The normalized spacial score (nSPS) is 10.3. The molecule has 0 atom stereocenters. The third kappa shape index (κ3) is 6.34. The Balaban J connectivity index is 1.57. The van der Waals surface area contributed by atoms with E-state index in [-0.39, 0.29) is 17.6 Å². The van der Waals surface area contributed by atoms with Gasteiger partial charge >= 0.3 is 0 Å². The lowest BCUT2D eigenvalue weighted by atomic mass is 10.1. The monoisotopic (exact) mass is 486 g/mol. The first kappa shape index (κ1) is 24.3. The minimum absolute atomic E-state index is 0.165. The average molecular weight is 487 g/mol. The van der Waals surface area contributed by atoms with E-state index in [1.165, 1.54) is 33.1 Å². The lowest BCUT2D eigenvalue weighted by Gasteiger charge is -2.13. The molecule has 0 fully saturated rings. The lowest BCUT2D eigenvalue weighted by Crippen LogP contribution is -2.14. The molecule has 7 nitrogen and oxygen atoms in total. The summed E-state index contributed by atoms with van der Waals surface area (Å²) in [6.07, 6.45) is 0. The molecule has 0 saturated heterocycles. The predicted octanol–water partition coefficient (Wildman–Crippen LogP) is 5.35. The molecule has 3 rings (SSSR count). The summed E-state index contributed by atoms with van der Waals surface area (Å²) < 4.78 is 15.7. The van der Waals surface area contributed by atoms with Gasteiger partial charge in [0.1, 0.15) is 22.8 Å². The number of ether oxygens (including phenoxy) is 3. The van der Waals surface area contributed by atoms with Gasteiger partial charge < -0.3 is 24.8 Å². The number of hydrogen-bond donors (Lipinski definition) is 2. The summed E-state index contributed by atoms with van der Waals surface area (Å²) in [6.45, 7) is 0. The summed E-state index contributed by atoms with van der Waals surface area (Å²) in [4.78, 5) is 25.9. The van der Waals surface area contributed by atoms with Gasteiger partial charge in [-0.1, -0.05) is 17.7 Å². The molecule has 0 radical (unpaired) electrons. The standard InChI is InChI=1S/C24H23ClN2O5S/c1-30-19-12-9-16(13-18(19)25)26-22(28)14-33-17-10-7-15(8-11-17)27-24(29)23-20(31-2)5-4-6-21(23)32-3/h4-13H,14H2,1-3H3,(H,26,28)(H,27,29). The number of thioether (sulfide) groups is 1. The number of hydrogen-bond acceptors (Lipinski definition) is 6. The van der Waals surface area contributed by atoms with Crippen LogP contribution in [0.1, 0.15) is 10.4 Å². The van der Waals surface area contributed by atoms with Crippen molar-refractivity contribution in [3.05, 3.63) is 71.2 Å². The molecule has 0 unspecified atom stereocenters. The Bertz CT molecular complexity index is 1120. The van der Waals surface area contributed by atoms with Crippen molar-refractivity contribution >= 4 is 46.6 Å². The lowest BCUT2D eigenvalue weighted by molar-refractivity contribution is -0.113. The first-order valence-electron chi connectivity index (χ1n) is 9.83. The second-order valence-corrected chi connectivity index (χ2v) is 8.16. The third-order valence-corrected chi connectivity index (χ3v) is 5.88. The second-order valence-electron chi connectivity index (χ2n) is 6.70. The Morgan fingerprint density at radius 2 is 1.42 bits per heavy atom. The van der Waals surface area contributed by atoms with Crippen molar-refractivity contribution in [3.63, 3.8) is 0 Å². The van der Waals surface area contributed by atoms with Gasteiger partial charge in [-0.2, -0.15) is 0 Å². The van der Waals surface area contributed by atoms with E-state index in [9.17, 15) is 9.59 Å². The van der Waals surface area contributed by atoms with Crippen molar-refractivity contribution in [2.24, 2.45) is 0 Å². The molecular formula is C24H23ClN2O5S. The quantitative estimate of drug-likeness (QED) is 0.396. The number of nitrogens with one attached hydrogen (secondary N) is 2. The SMILES string of the molecule is COc1ccc(NC(=O)CSc2ccc(NC(=O)c3c(OC)cccc3OC)cc2)cc1Cl. The number of halogens is 1. The summed E-state index contributed by atoms with van der Waals surface area (Å²) in [5, 5.41) is 6.06. The molecule has 0 saturated carbocycles. The summed E-state index contributed by atoms with van der Waals surface area (Å²) in [6, 6.07) is 17.4. The maximum absolute atomic E-state index is 12.8. The van der Waals surface area contributed by atoms with Gasteiger partial charge in [-0.25, -0.2) is 0 Å². The molecule has 9 heteroatoms. The van der Waals surface area contributed by atoms with Gasteiger partial charge in [-0.05, 0) is 54.6 Å². The molecule has 0 aliphatic carbocycles. The molecule has 0 aliphatic rings. The molecule has 0 aromatic heterocycles. The molecule has 0 spiro atoms. The molecule has 2 amide bonds. The van der Waals surface area contributed by atoms with E-state index in [1.54, 1.807) is 48.5 Å². The van der Waals surface area contributed by atoms with Crippen LogP contribution in [0.25, 0.3) is 0 Å². The van der Waals surface area contributed by atoms with Gasteiger partial charge in [0.05, 0.1) is 32.1 Å². The summed E-state index contributed by atoms with van der Waals surface area (Å²) in [5.41, 5.74) is 1.52. The minimum atomic E-state index is -0.345. The Hall–Kier alpha value is -3.36. The fourth-order valence-electron chi connectivity index (χ4n) is 2.99. The number of rotatable bonds is 9. The maximum atomic E-state index is 12.8. The van der Waals surface area contributed by atoms with Crippen LogP contribution in [0.3, 0.4) is 0 Å². The fraction of sp³-hybridized carbons (Fsp3) is 0.167. The number of benzene rings is 3. The Kier molecular flexibility index (Phi) is 8.46. The molecule has 0 bridgehead atoms. The van der Waals surface area contributed by atoms with Crippen LogP contribution in [-0.2, 0) is 4.79 Å². The van der Waals surface area contributed by atoms with Crippen LogP contribution in [-0.4, -0.2) is 38.9 Å². The van der Waals surface area contributed by atoms with E-state index in [0.717, 1.165) is 4.90 Å². The number of methoxy groups -OCH3 is 3. The smallest absolute Gasteiger partial charge is 0.263 e. The van der Waals surface area contributed by atoms with E-state index in [0.29, 0.717) is 39.2 Å². The van der Waals surface area contributed by atoms with E-state index in [1.807, 2.05) is 12.1 Å². The van der Waals surface area contributed by atoms with E-state index in [4.69, 9.17) is 25.8 Å². The van der Waals surface area contributed by atoms with Gasteiger partial charge in [0.15, 0.2) is 0 Å². The predicted molar refractivity (Wildman–Crippen MR) is 131 cm³/mol. The highest BCUT2D eigenvalue weighted by Gasteiger charge is 2.18. The molecular weight excluding hydrogens is 464 g/mol. The Morgan fingerprint density at radius 3 is 2.00 bits per heavy atom. The zero-order valence-electron chi connectivity index (χ0n) is 18.3. The van der Waals surface area contributed by atoms with Crippen LogP contribution >= 0.6 is 23.4 Å². The topological polar surface area (TPSA) is 85.9 Å². The van der Waals surface area contributed by atoms with Gasteiger partial charge in [0.2, 0.25) is 5.91 Å². The van der Waals surface area contributed by atoms with Crippen molar-refractivity contribution in [1.29, 1.82) is 0 Å². The molecule has 172 valence electrons. The average Bonchev–Trinajstić information content (AvgIpc) is 2.83. The summed E-state index contributed by atoms with van der Waals surface area (Å²) in [7, 11) is 4.52. The van der Waals surface area contributed by atoms with Crippen molar-refractivity contribution in [3.8, 4) is 17.2 Å². The van der Waals surface area contributed by atoms with Gasteiger partial charge in [-0.3, -0.25) is 9.59 Å². The molecule has 2 N–H and O–H groups in total. The molecule has 3 aromatic carbocycles. The number of anilines is 2. The van der Waals surface area contributed by atoms with Crippen LogP contribution < -0.4 is 24.8 Å². The van der Waals surface area contributed by atoms with E-state index in [2.05, 4.69) is 10.6 Å². The highest BCUT2D eigenvalue weighted by Crippen LogP contribution is 2.30. The van der Waals surface area contributed by atoms with E-state index >= 15 is 0 Å². The highest BCUT2D eigenvalue weighted by atomic mass is 35.5. The first-order chi connectivity index (χ1) is 15.9. The van der Waals surface area contributed by atoms with Crippen LogP contribution in [0.2, 0.25) is 5.02 Å². The van der Waals surface area contributed by atoms with Gasteiger partial charge in [0, 0.05) is 16.3 Å². The van der Waals surface area contributed by atoms with Crippen LogP contribution in [0.15, 0.2) is 65.6 Å². The second kappa shape index (κ2) is 11.5. The van der Waals surface area contributed by atoms with Gasteiger partial charge in [-0.15, -0.1) is 11.8 Å². The Labute approximate surface area is 201 Å².